The van der Waals surface area contributed by atoms with E-state index >= 15 is 0 Å². The topological polar surface area (TPSA) is 38.3 Å². The van der Waals surface area contributed by atoms with E-state index in [1.807, 2.05) is 12.1 Å². The molecule has 3 heterocycles. The Bertz CT molecular complexity index is 848. The molecule has 0 amide bonds. The fourth-order valence-corrected chi connectivity index (χ4v) is 3.50. The van der Waals surface area contributed by atoms with E-state index in [-0.39, 0.29) is 5.82 Å². The Balaban J connectivity index is 1.81. The van der Waals surface area contributed by atoms with Crippen molar-refractivity contribution in [2.24, 2.45) is 0 Å². The van der Waals surface area contributed by atoms with E-state index in [4.69, 9.17) is 4.98 Å². The third-order valence-corrected chi connectivity index (χ3v) is 4.80. The highest BCUT2D eigenvalue weighted by Gasteiger charge is 2.22. The van der Waals surface area contributed by atoms with Gasteiger partial charge in [-0.2, -0.15) is 0 Å². The molecule has 1 saturated heterocycles. The molecule has 1 aliphatic heterocycles. The van der Waals surface area contributed by atoms with E-state index in [1.165, 1.54) is 49.6 Å². The number of pyridine rings is 1. The number of aromatic nitrogens is 2. The van der Waals surface area contributed by atoms with Crippen LogP contribution in [0.1, 0.15) is 11.3 Å². The molecule has 0 bridgehead atoms. The zero-order chi connectivity index (χ0) is 16.5. The molecule has 3 N–H and O–H groups in total. The predicted molar refractivity (Wildman–Crippen MR) is 91.4 cm³/mol. The summed E-state index contributed by atoms with van der Waals surface area (Å²) in [7, 11) is 0. The summed E-state index contributed by atoms with van der Waals surface area (Å²) in [5.41, 5.74) is 5.35. The van der Waals surface area contributed by atoms with Crippen LogP contribution in [0.25, 0.3) is 16.9 Å². The van der Waals surface area contributed by atoms with Gasteiger partial charge in [-0.05, 0) is 42.8 Å². The lowest BCUT2D eigenvalue weighted by Crippen LogP contribution is -3.19. The Labute approximate surface area is 140 Å². The van der Waals surface area contributed by atoms with E-state index in [9.17, 15) is 4.39 Å². The monoisotopic (exact) mass is 326 g/mol. The van der Waals surface area contributed by atoms with Crippen molar-refractivity contribution in [3.05, 3.63) is 59.7 Å². The third kappa shape index (κ3) is 2.92. The lowest BCUT2D eigenvalue weighted by molar-refractivity contribution is -0.958. The van der Waals surface area contributed by atoms with Crippen molar-refractivity contribution < 1.29 is 14.6 Å². The molecule has 4 nitrogen and oxygen atoms in total. The Morgan fingerprint density at radius 2 is 1.88 bits per heavy atom. The normalized spacial score (nSPS) is 15.9. The lowest BCUT2D eigenvalue weighted by Gasteiger charge is -2.22. The first-order valence-corrected chi connectivity index (χ1v) is 8.59. The number of imidazole rings is 1. The maximum atomic E-state index is 13.3. The molecule has 4 rings (SSSR count). The van der Waals surface area contributed by atoms with Crippen LogP contribution in [0.3, 0.4) is 0 Å². The van der Waals surface area contributed by atoms with Crippen molar-refractivity contribution in [1.82, 2.24) is 9.38 Å². The number of benzene rings is 1. The molecule has 0 radical (unpaired) electrons. The van der Waals surface area contributed by atoms with E-state index in [2.05, 4.69) is 35.0 Å². The molecule has 1 fully saturated rings. The largest absolute Gasteiger partial charge is 0.337 e. The average molecular weight is 326 g/mol. The minimum Gasteiger partial charge on any atom is -0.337 e. The molecule has 5 heteroatoms. The zero-order valence-corrected chi connectivity index (χ0v) is 13.9. The predicted octanol–water partition coefficient (Wildman–Crippen LogP) is 0.411. The first-order valence-electron chi connectivity index (χ1n) is 8.59. The van der Waals surface area contributed by atoms with Gasteiger partial charge in [0.05, 0.1) is 5.69 Å². The second-order valence-corrected chi connectivity index (χ2v) is 6.64. The van der Waals surface area contributed by atoms with Crippen molar-refractivity contribution in [3.8, 4) is 11.3 Å². The highest BCUT2D eigenvalue weighted by molar-refractivity contribution is 5.66. The summed E-state index contributed by atoms with van der Waals surface area (Å²) in [6.45, 7) is 7.74. The number of halogens is 1. The van der Waals surface area contributed by atoms with Gasteiger partial charge in [0.15, 0.2) is 0 Å². The van der Waals surface area contributed by atoms with Crippen molar-refractivity contribution in [2.45, 2.75) is 13.5 Å². The Morgan fingerprint density at radius 1 is 1.12 bits per heavy atom. The van der Waals surface area contributed by atoms with Crippen molar-refractivity contribution >= 4 is 5.65 Å². The molecule has 24 heavy (non-hydrogen) atoms. The maximum absolute atomic E-state index is 13.3. The number of piperazine rings is 1. The Kier molecular flexibility index (Phi) is 4.04. The number of rotatable bonds is 3. The van der Waals surface area contributed by atoms with E-state index < -0.39 is 0 Å². The van der Waals surface area contributed by atoms with Gasteiger partial charge < -0.3 is 10.2 Å². The fourth-order valence-electron chi connectivity index (χ4n) is 3.50. The number of aryl methyl sites for hydroxylation is 1. The summed E-state index contributed by atoms with van der Waals surface area (Å²) in [6, 6.07) is 10.8. The van der Waals surface area contributed by atoms with Gasteiger partial charge in [0.2, 0.25) is 0 Å². The van der Waals surface area contributed by atoms with Gasteiger partial charge in [-0.1, -0.05) is 6.07 Å². The Hall–Kier alpha value is -2.24. The fraction of sp³-hybridized carbons (Fsp3) is 0.316. The second kappa shape index (κ2) is 6.34. The summed E-state index contributed by atoms with van der Waals surface area (Å²) in [6.07, 6.45) is 2.15. The molecule has 0 atom stereocenters. The van der Waals surface area contributed by atoms with Gasteiger partial charge in [0, 0.05) is 11.8 Å². The van der Waals surface area contributed by atoms with Crippen molar-refractivity contribution in [2.75, 3.05) is 26.2 Å². The van der Waals surface area contributed by atoms with Crippen LogP contribution in [0.2, 0.25) is 0 Å². The van der Waals surface area contributed by atoms with Crippen LogP contribution in [0, 0.1) is 12.7 Å². The van der Waals surface area contributed by atoms with Crippen molar-refractivity contribution in [1.29, 1.82) is 0 Å². The van der Waals surface area contributed by atoms with E-state index in [0.29, 0.717) is 0 Å². The molecular weight excluding hydrogens is 303 g/mol. The van der Waals surface area contributed by atoms with Crippen molar-refractivity contribution in [3.63, 3.8) is 0 Å². The number of hydrogen-bond donors (Lipinski definition) is 2. The summed E-state index contributed by atoms with van der Waals surface area (Å²) in [4.78, 5) is 6.43. The average Bonchev–Trinajstić information content (AvgIpc) is 2.94. The van der Waals surface area contributed by atoms with Crippen LogP contribution >= 0.6 is 0 Å². The number of quaternary nitrogens is 2. The van der Waals surface area contributed by atoms with Gasteiger partial charge in [0.25, 0.3) is 0 Å². The minimum atomic E-state index is -0.211. The summed E-state index contributed by atoms with van der Waals surface area (Å²) in [5.74, 6) is -0.211. The van der Waals surface area contributed by atoms with Gasteiger partial charge in [-0.3, -0.25) is 4.40 Å². The summed E-state index contributed by atoms with van der Waals surface area (Å²) in [5, 5.41) is 2.38. The molecule has 0 unspecified atom stereocenters. The summed E-state index contributed by atoms with van der Waals surface area (Å²) >= 11 is 0. The van der Waals surface area contributed by atoms with Crippen LogP contribution in [-0.2, 0) is 6.54 Å². The number of nitrogens with one attached hydrogen (secondary N) is 1. The van der Waals surface area contributed by atoms with Crippen LogP contribution in [0.15, 0.2) is 42.6 Å². The number of nitrogens with zero attached hydrogens (tertiary/aromatic N) is 2. The van der Waals surface area contributed by atoms with Crippen LogP contribution in [0.4, 0.5) is 4.39 Å². The van der Waals surface area contributed by atoms with E-state index in [0.717, 1.165) is 23.4 Å². The highest BCUT2D eigenvalue weighted by atomic mass is 19.1. The Morgan fingerprint density at radius 3 is 2.62 bits per heavy atom. The second-order valence-electron chi connectivity index (χ2n) is 6.64. The SMILES string of the molecule is Cc1ccc2nc(-c3ccc(F)cc3)c(C[NH+]3CC[NH2+]CC3)n2c1. The maximum Gasteiger partial charge on any atom is 0.137 e. The number of hydrogen-bond acceptors (Lipinski definition) is 1. The number of fused-ring (bicyclic) bond motifs is 1. The molecule has 124 valence electrons. The van der Waals surface area contributed by atoms with Gasteiger partial charge >= 0.3 is 0 Å². The van der Waals surface area contributed by atoms with E-state index in [1.54, 1.807) is 4.90 Å². The highest BCUT2D eigenvalue weighted by Crippen LogP contribution is 2.24. The van der Waals surface area contributed by atoms with Crippen LogP contribution in [0.5, 0.6) is 0 Å². The molecule has 1 aromatic carbocycles. The standard InChI is InChI=1S/C19H21FN4/c1-14-2-7-18-22-19(15-3-5-16(20)6-4-15)17(24(18)12-14)13-23-10-8-21-9-11-23/h2-7,12,21H,8-11,13H2,1H3/p+2. The third-order valence-electron chi connectivity index (χ3n) is 4.80. The molecule has 1 aliphatic rings. The van der Waals surface area contributed by atoms with Gasteiger partial charge in [-0.15, -0.1) is 0 Å². The lowest BCUT2D eigenvalue weighted by atomic mass is 10.1. The van der Waals surface area contributed by atoms with Crippen LogP contribution in [-0.4, -0.2) is 35.6 Å². The van der Waals surface area contributed by atoms with Gasteiger partial charge in [-0.25, -0.2) is 9.37 Å². The molecule has 3 aromatic rings. The molecule has 0 spiro atoms. The van der Waals surface area contributed by atoms with Gasteiger partial charge in [0.1, 0.15) is 49.9 Å². The first kappa shape index (κ1) is 15.3. The molecular formula is C19H23FN4+2. The number of nitrogens with two attached hydrogens (primary N) is 1. The minimum absolute atomic E-state index is 0.211. The smallest absolute Gasteiger partial charge is 0.137 e. The summed E-state index contributed by atoms with van der Waals surface area (Å²) < 4.78 is 15.5. The molecule has 0 saturated carbocycles. The molecule has 2 aromatic heterocycles. The zero-order valence-electron chi connectivity index (χ0n) is 13.9. The molecule has 0 aliphatic carbocycles. The van der Waals surface area contributed by atoms with Crippen LogP contribution < -0.4 is 10.2 Å². The first-order chi connectivity index (χ1) is 11.7. The quantitative estimate of drug-likeness (QED) is 0.719.